The number of carbonyl (C=O) groups is 2. The average molecular weight is 345 g/mol. The summed E-state index contributed by atoms with van der Waals surface area (Å²) in [5, 5.41) is 11.1. The highest BCUT2D eigenvalue weighted by Gasteiger charge is 2.23. The minimum Gasteiger partial charge on any atom is -0.378 e. The molecule has 7 nitrogen and oxygen atoms in total. The number of carbonyl (C=O) groups excluding carboxylic acids is 2. The zero-order valence-corrected chi connectivity index (χ0v) is 14.1. The van der Waals surface area contributed by atoms with Crippen LogP contribution in [-0.2, 0) is 25.5 Å². The molecule has 1 unspecified atom stereocenters. The smallest absolute Gasteiger partial charge is 0.249 e. The van der Waals surface area contributed by atoms with E-state index in [-0.39, 0.29) is 25.0 Å². The molecule has 1 saturated heterocycles. The van der Waals surface area contributed by atoms with Gasteiger partial charge in [-0.15, -0.1) is 0 Å². The lowest BCUT2D eigenvalue weighted by atomic mass is 10.1. The van der Waals surface area contributed by atoms with Crippen molar-refractivity contribution in [2.24, 2.45) is 0 Å². The van der Waals surface area contributed by atoms with Crippen molar-refractivity contribution in [3.05, 3.63) is 35.9 Å². The van der Waals surface area contributed by atoms with Gasteiger partial charge < -0.3 is 19.7 Å². The predicted molar refractivity (Wildman–Crippen MR) is 90.5 cm³/mol. The number of aryl methyl sites for hydroxylation is 1. The highest BCUT2D eigenvalue weighted by Crippen LogP contribution is 2.09. The van der Waals surface area contributed by atoms with E-state index >= 15 is 0 Å². The summed E-state index contributed by atoms with van der Waals surface area (Å²) in [5.41, 5.74) is 1.09. The van der Waals surface area contributed by atoms with Gasteiger partial charge in [0, 0.05) is 13.1 Å². The van der Waals surface area contributed by atoms with E-state index in [0.29, 0.717) is 39.1 Å². The predicted octanol–water partition coefficient (Wildman–Crippen LogP) is 0.503. The van der Waals surface area contributed by atoms with Crippen LogP contribution in [0.4, 0.5) is 0 Å². The van der Waals surface area contributed by atoms with Crippen LogP contribution in [0.1, 0.15) is 12.0 Å². The number of hydrogen-bond donors (Lipinski definition) is 1. The Kier molecular flexibility index (Phi) is 7.89. The third-order valence-corrected chi connectivity index (χ3v) is 3.94. The maximum Gasteiger partial charge on any atom is 0.249 e. The Bertz CT molecular complexity index is 594. The van der Waals surface area contributed by atoms with Gasteiger partial charge in [0.2, 0.25) is 11.8 Å². The molecule has 0 radical (unpaired) electrons. The second-order valence-electron chi connectivity index (χ2n) is 5.69. The number of ether oxygens (including phenoxy) is 2. The number of nitriles is 1. The van der Waals surface area contributed by atoms with Crippen LogP contribution in [0, 0.1) is 11.3 Å². The van der Waals surface area contributed by atoms with Gasteiger partial charge in [0.1, 0.15) is 19.3 Å². The molecule has 0 spiro atoms. The van der Waals surface area contributed by atoms with E-state index in [2.05, 4.69) is 5.32 Å². The molecule has 1 aromatic carbocycles. The summed E-state index contributed by atoms with van der Waals surface area (Å²) in [6, 6.07) is 11.6. The van der Waals surface area contributed by atoms with Gasteiger partial charge in [-0.3, -0.25) is 9.59 Å². The van der Waals surface area contributed by atoms with Gasteiger partial charge in [0.15, 0.2) is 0 Å². The molecule has 0 aromatic heterocycles. The molecule has 1 aliphatic heterocycles. The number of benzene rings is 1. The van der Waals surface area contributed by atoms with Crippen LogP contribution in [0.25, 0.3) is 0 Å². The van der Waals surface area contributed by atoms with E-state index < -0.39 is 6.10 Å². The van der Waals surface area contributed by atoms with Crippen molar-refractivity contribution >= 4 is 11.8 Å². The SMILES string of the molecule is N#CCNC(=O)C(CCc1ccccc1)OCC(=O)N1CCOCC1. The molecule has 0 bridgehead atoms. The van der Waals surface area contributed by atoms with Crippen molar-refractivity contribution in [2.45, 2.75) is 18.9 Å². The minimum absolute atomic E-state index is 0.0819. The summed E-state index contributed by atoms with van der Waals surface area (Å²) < 4.78 is 10.8. The third kappa shape index (κ3) is 6.53. The van der Waals surface area contributed by atoms with E-state index in [9.17, 15) is 9.59 Å². The Morgan fingerprint density at radius 1 is 1.28 bits per heavy atom. The van der Waals surface area contributed by atoms with Gasteiger partial charge in [0.25, 0.3) is 0 Å². The van der Waals surface area contributed by atoms with Gasteiger partial charge in [-0.05, 0) is 18.4 Å². The molecule has 25 heavy (non-hydrogen) atoms. The summed E-state index contributed by atoms with van der Waals surface area (Å²) in [5.74, 6) is -0.520. The molecule has 1 heterocycles. The molecule has 1 N–H and O–H groups in total. The van der Waals surface area contributed by atoms with Crippen LogP contribution in [0.2, 0.25) is 0 Å². The minimum atomic E-state index is -0.765. The summed E-state index contributed by atoms with van der Waals surface area (Å²) in [4.78, 5) is 26.0. The summed E-state index contributed by atoms with van der Waals surface area (Å²) in [6.07, 6.45) is 0.327. The summed E-state index contributed by atoms with van der Waals surface area (Å²) >= 11 is 0. The van der Waals surface area contributed by atoms with Crippen molar-refractivity contribution in [3.63, 3.8) is 0 Å². The highest BCUT2D eigenvalue weighted by molar-refractivity contribution is 5.82. The molecule has 134 valence electrons. The molecule has 0 saturated carbocycles. The second kappa shape index (κ2) is 10.4. The second-order valence-corrected chi connectivity index (χ2v) is 5.69. The van der Waals surface area contributed by atoms with Crippen molar-refractivity contribution in [1.29, 1.82) is 5.26 Å². The van der Waals surface area contributed by atoms with Crippen LogP contribution in [0.5, 0.6) is 0 Å². The van der Waals surface area contributed by atoms with E-state index in [1.807, 2.05) is 36.4 Å². The van der Waals surface area contributed by atoms with Crippen LogP contribution in [0.3, 0.4) is 0 Å². The molecule has 2 amide bonds. The highest BCUT2D eigenvalue weighted by atomic mass is 16.5. The Labute approximate surface area is 147 Å². The Morgan fingerprint density at radius 3 is 2.68 bits per heavy atom. The standard InChI is InChI=1S/C18H23N3O4/c19-8-9-20-18(23)16(7-6-15-4-2-1-3-5-15)25-14-17(22)21-10-12-24-13-11-21/h1-5,16H,6-7,9-14H2,(H,20,23). The maximum atomic E-state index is 12.2. The monoisotopic (exact) mass is 345 g/mol. The van der Waals surface area contributed by atoms with Crippen molar-refractivity contribution < 1.29 is 19.1 Å². The lowest BCUT2D eigenvalue weighted by Gasteiger charge is -2.27. The van der Waals surface area contributed by atoms with Crippen molar-refractivity contribution in [1.82, 2.24) is 10.2 Å². The molecule has 7 heteroatoms. The fourth-order valence-electron chi connectivity index (χ4n) is 2.55. The Balaban J connectivity index is 1.87. The van der Waals surface area contributed by atoms with Gasteiger partial charge in [-0.2, -0.15) is 5.26 Å². The largest absolute Gasteiger partial charge is 0.378 e. The van der Waals surface area contributed by atoms with Gasteiger partial charge in [-0.25, -0.2) is 0 Å². The zero-order valence-electron chi connectivity index (χ0n) is 14.1. The number of nitrogens with one attached hydrogen (secondary N) is 1. The first-order chi connectivity index (χ1) is 12.2. The average Bonchev–Trinajstić information content (AvgIpc) is 2.67. The van der Waals surface area contributed by atoms with Crippen LogP contribution >= 0.6 is 0 Å². The first-order valence-electron chi connectivity index (χ1n) is 8.36. The number of hydrogen-bond acceptors (Lipinski definition) is 5. The van der Waals surface area contributed by atoms with E-state index in [4.69, 9.17) is 14.7 Å². The molecule has 1 aliphatic rings. The number of morpholine rings is 1. The zero-order chi connectivity index (χ0) is 17.9. The Hall–Kier alpha value is -2.43. The van der Waals surface area contributed by atoms with Crippen LogP contribution in [-0.4, -0.2) is 62.3 Å². The molecule has 1 fully saturated rings. The molecule has 1 aromatic rings. The first-order valence-corrected chi connectivity index (χ1v) is 8.36. The summed E-state index contributed by atoms with van der Waals surface area (Å²) in [6.45, 7) is 1.88. The topological polar surface area (TPSA) is 91.7 Å². The fraction of sp³-hybridized carbons (Fsp3) is 0.500. The third-order valence-electron chi connectivity index (χ3n) is 3.94. The first kappa shape index (κ1) is 18.9. The molecular weight excluding hydrogens is 322 g/mol. The molecular formula is C18H23N3O4. The Morgan fingerprint density at radius 2 is 2.00 bits per heavy atom. The van der Waals surface area contributed by atoms with Crippen molar-refractivity contribution in [3.8, 4) is 6.07 Å². The number of nitrogens with zero attached hydrogens (tertiary/aromatic N) is 2. The van der Waals surface area contributed by atoms with E-state index in [1.165, 1.54) is 0 Å². The van der Waals surface area contributed by atoms with Crippen LogP contribution in [0.15, 0.2) is 30.3 Å². The van der Waals surface area contributed by atoms with Gasteiger partial charge >= 0.3 is 0 Å². The molecule has 0 aliphatic carbocycles. The van der Waals surface area contributed by atoms with Gasteiger partial charge in [-0.1, -0.05) is 30.3 Å². The maximum absolute atomic E-state index is 12.2. The molecule has 2 rings (SSSR count). The number of rotatable bonds is 8. The van der Waals surface area contributed by atoms with E-state index in [0.717, 1.165) is 5.56 Å². The lowest BCUT2D eigenvalue weighted by molar-refractivity contribution is -0.146. The fourth-order valence-corrected chi connectivity index (χ4v) is 2.55. The summed E-state index contributed by atoms with van der Waals surface area (Å²) in [7, 11) is 0. The van der Waals surface area contributed by atoms with Gasteiger partial charge in [0.05, 0.1) is 19.3 Å². The number of amides is 2. The lowest BCUT2D eigenvalue weighted by Crippen LogP contribution is -2.44. The van der Waals surface area contributed by atoms with E-state index in [1.54, 1.807) is 4.90 Å². The molecule has 1 atom stereocenters. The van der Waals surface area contributed by atoms with Crippen molar-refractivity contribution in [2.75, 3.05) is 39.5 Å². The van der Waals surface area contributed by atoms with Crippen LogP contribution < -0.4 is 5.32 Å². The quantitative estimate of drug-likeness (QED) is 0.693. The normalized spacial score (nSPS) is 15.2.